The van der Waals surface area contributed by atoms with Crippen LogP contribution in [0.2, 0.25) is 0 Å². The minimum Gasteiger partial charge on any atom is -0.354 e. The van der Waals surface area contributed by atoms with Gasteiger partial charge in [0, 0.05) is 24.0 Å². The van der Waals surface area contributed by atoms with Crippen molar-refractivity contribution in [3.63, 3.8) is 0 Å². The minimum atomic E-state index is -4.38. The lowest BCUT2D eigenvalue weighted by Gasteiger charge is -2.34. The Balaban J connectivity index is 1.80. The number of hydrogen-bond donors (Lipinski definition) is 1. The SMILES string of the molecule is CCCNC(=O)[C@@H](Cc1ccccc1)N(Cc1ccc(Br)cc1)C(=O)CN(c1ccccc1F)S(=O)(=O)c1ccc(C)cc1. The van der Waals surface area contributed by atoms with Crippen LogP contribution < -0.4 is 9.62 Å². The van der Waals surface area contributed by atoms with Crippen molar-refractivity contribution in [2.75, 3.05) is 17.4 Å². The van der Waals surface area contributed by atoms with Crippen LogP contribution in [-0.2, 0) is 32.6 Å². The fraction of sp³-hybridized carbons (Fsp3) is 0.235. The number of nitrogens with zero attached hydrogens (tertiary/aromatic N) is 2. The third-order valence-electron chi connectivity index (χ3n) is 7.10. The zero-order valence-corrected chi connectivity index (χ0v) is 27.0. The Morgan fingerprint density at radius 1 is 0.864 bits per heavy atom. The molecule has 0 aliphatic rings. The second-order valence-electron chi connectivity index (χ2n) is 10.4. The van der Waals surface area contributed by atoms with E-state index in [1.165, 1.54) is 35.2 Å². The third kappa shape index (κ3) is 8.33. The van der Waals surface area contributed by atoms with Gasteiger partial charge in [0.1, 0.15) is 18.4 Å². The predicted octanol–water partition coefficient (Wildman–Crippen LogP) is 6.26. The Labute approximate surface area is 266 Å². The standard InChI is InChI=1S/C34H35BrFN3O4S/c1-3-21-37-34(41)32(22-26-9-5-4-6-10-26)38(23-27-15-17-28(35)18-16-27)33(40)24-39(31-12-8-7-11-30(31)36)44(42,43)29-19-13-25(2)14-20-29/h4-20,32H,3,21-24H2,1-2H3,(H,37,41)/t32-/m1/s1. The molecule has 2 amide bonds. The van der Waals surface area contributed by atoms with Crippen LogP contribution in [0.15, 0.2) is 112 Å². The number of benzene rings is 4. The van der Waals surface area contributed by atoms with Crippen LogP contribution in [0.25, 0.3) is 0 Å². The number of anilines is 1. The largest absolute Gasteiger partial charge is 0.354 e. The summed E-state index contributed by atoms with van der Waals surface area (Å²) in [5.41, 5.74) is 2.15. The van der Waals surface area contributed by atoms with Crippen molar-refractivity contribution in [1.29, 1.82) is 0 Å². The van der Waals surface area contributed by atoms with E-state index in [9.17, 15) is 18.0 Å². The first-order valence-corrected chi connectivity index (χ1v) is 16.5. The number of carbonyl (C=O) groups is 2. The van der Waals surface area contributed by atoms with Crippen molar-refractivity contribution >= 4 is 43.5 Å². The molecule has 0 unspecified atom stereocenters. The highest BCUT2D eigenvalue weighted by Gasteiger charge is 2.35. The summed E-state index contributed by atoms with van der Waals surface area (Å²) in [4.78, 5) is 29.3. The summed E-state index contributed by atoms with van der Waals surface area (Å²) < 4.78 is 44.8. The topological polar surface area (TPSA) is 86.8 Å². The highest BCUT2D eigenvalue weighted by atomic mass is 79.9. The van der Waals surface area contributed by atoms with Crippen LogP contribution in [0.5, 0.6) is 0 Å². The Morgan fingerprint density at radius 2 is 1.50 bits per heavy atom. The first kappa shape index (κ1) is 32.9. The Bertz CT molecular complexity index is 1670. The molecular weight excluding hydrogens is 645 g/mol. The van der Waals surface area contributed by atoms with Gasteiger partial charge in [0.05, 0.1) is 10.6 Å². The van der Waals surface area contributed by atoms with E-state index in [2.05, 4.69) is 21.2 Å². The quantitative estimate of drug-likeness (QED) is 0.181. The van der Waals surface area contributed by atoms with Crippen molar-refractivity contribution in [2.45, 2.75) is 44.2 Å². The van der Waals surface area contributed by atoms with E-state index in [1.807, 2.05) is 68.4 Å². The van der Waals surface area contributed by atoms with E-state index in [0.29, 0.717) is 13.0 Å². The van der Waals surface area contributed by atoms with E-state index in [0.717, 1.165) is 31.5 Å². The number of nitrogens with one attached hydrogen (secondary N) is 1. The zero-order chi connectivity index (χ0) is 31.7. The first-order chi connectivity index (χ1) is 21.1. The Kier molecular flexibility index (Phi) is 11.3. The molecule has 4 rings (SSSR count). The van der Waals surface area contributed by atoms with Gasteiger partial charge in [-0.1, -0.05) is 95.1 Å². The number of rotatable bonds is 13. The molecule has 0 heterocycles. The van der Waals surface area contributed by atoms with Gasteiger partial charge in [0.15, 0.2) is 0 Å². The van der Waals surface area contributed by atoms with Crippen LogP contribution in [-0.4, -0.2) is 44.3 Å². The van der Waals surface area contributed by atoms with Crippen molar-refractivity contribution in [2.24, 2.45) is 0 Å². The molecule has 44 heavy (non-hydrogen) atoms. The lowest BCUT2D eigenvalue weighted by atomic mass is 10.0. The molecule has 1 N–H and O–H groups in total. The second kappa shape index (κ2) is 15.1. The molecule has 0 radical (unpaired) electrons. The lowest BCUT2D eigenvalue weighted by Crippen LogP contribution is -2.53. The maximum Gasteiger partial charge on any atom is 0.264 e. The molecule has 0 aliphatic carbocycles. The van der Waals surface area contributed by atoms with E-state index < -0.39 is 34.3 Å². The molecule has 1 atom stereocenters. The number of para-hydroxylation sites is 1. The summed E-state index contributed by atoms with van der Waals surface area (Å²) >= 11 is 3.43. The van der Waals surface area contributed by atoms with E-state index in [-0.39, 0.29) is 29.5 Å². The molecule has 0 bridgehead atoms. The highest BCUT2D eigenvalue weighted by Crippen LogP contribution is 2.27. The first-order valence-electron chi connectivity index (χ1n) is 14.3. The number of halogens is 2. The van der Waals surface area contributed by atoms with Crippen molar-refractivity contribution in [3.05, 3.63) is 130 Å². The maximum atomic E-state index is 15.2. The zero-order valence-electron chi connectivity index (χ0n) is 24.6. The lowest BCUT2D eigenvalue weighted by molar-refractivity contribution is -0.140. The van der Waals surface area contributed by atoms with Gasteiger partial charge in [-0.2, -0.15) is 0 Å². The monoisotopic (exact) mass is 679 g/mol. The summed E-state index contributed by atoms with van der Waals surface area (Å²) in [5.74, 6) is -1.81. The number of amides is 2. The van der Waals surface area contributed by atoms with Gasteiger partial charge < -0.3 is 10.2 Å². The molecule has 0 aliphatic heterocycles. The Morgan fingerprint density at radius 3 is 2.14 bits per heavy atom. The average Bonchev–Trinajstić information content (AvgIpc) is 3.02. The molecule has 10 heteroatoms. The summed E-state index contributed by atoms with van der Waals surface area (Å²) in [6.45, 7) is 3.47. The van der Waals surface area contributed by atoms with Crippen molar-refractivity contribution in [3.8, 4) is 0 Å². The summed E-state index contributed by atoms with van der Waals surface area (Å²) in [6, 6.07) is 27.2. The number of sulfonamides is 1. The molecule has 4 aromatic rings. The number of hydrogen-bond acceptors (Lipinski definition) is 4. The molecule has 0 saturated heterocycles. The maximum absolute atomic E-state index is 15.2. The molecule has 7 nitrogen and oxygen atoms in total. The normalized spacial score (nSPS) is 11.9. The summed E-state index contributed by atoms with van der Waals surface area (Å²) in [6.07, 6.45) is 0.892. The molecule has 230 valence electrons. The fourth-order valence-corrected chi connectivity index (χ4v) is 6.40. The fourth-order valence-electron chi connectivity index (χ4n) is 4.71. The van der Waals surface area contributed by atoms with Gasteiger partial charge >= 0.3 is 0 Å². The Hall–Kier alpha value is -4.02. The van der Waals surface area contributed by atoms with E-state index in [4.69, 9.17) is 0 Å². The highest BCUT2D eigenvalue weighted by molar-refractivity contribution is 9.10. The number of aryl methyl sites for hydroxylation is 1. The van der Waals surface area contributed by atoms with Crippen LogP contribution in [0.1, 0.15) is 30.0 Å². The van der Waals surface area contributed by atoms with Crippen molar-refractivity contribution in [1.82, 2.24) is 10.2 Å². The molecule has 0 saturated carbocycles. The molecule has 0 fully saturated rings. The number of carbonyl (C=O) groups excluding carboxylic acids is 2. The second-order valence-corrected chi connectivity index (χ2v) is 13.2. The van der Waals surface area contributed by atoms with Crippen LogP contribution in [0, 0.1) is 12.7 Å². The van der Waals surface area contributed by atoms with E-state index in [1.54, 1.807) is 12.1 Å². The molecule has 0 aromatic heterocycles. The van der Waals surface area contributed by atoms with Gasteiger partial charge in [-0.3, -0.25) is 13.9 Å². The summed E-state index contributed by atoms with van der Waals surface area (Å²) in [7, 11) is -4.38. The smallest absolute Gasteiger partial charge is 0.264 e. The molecule has 0 spiro atoms. The van der Waals surface area contributed by atoms with Crippen LogP contribution >= 0.6 is 15.9 Å². The van der Waals surface area contributed by atoms with Gasteiger partial charge in [0.2, 0.25) is 11.8 Å². The molecular formula is C34H35BrFN3O4S. The third-order valence-corrected chi connectivity index (χ3v) is 9.40. The van der Waals surface area contributed by atoms with Gasteiger partial charge in [-0.15, -0.1) is 0 Å². The van der Waals surface area contributed by atoms with Crippen LogP contribution in [0.4, 0.5) is 10.1 Å². The molecule has 4 aromatic carbocycles. The minimum absolute atomic E-state index is 0.0266. The predicted molar refractivity (Wildman–Crippen MR) is 174 cm³/mol. The van der Waals surface area contributed by atoms with E-state index >= 15 is 4.39 Å². The summed E-state index contributed by atoms with van der Waals surface area (Å²) in [5, 5.41) is 2.91. The van der Waals surface area contributed by atoms with Gasteiger partial charge in [-0.25, -0.2) is 12.8 Å². The van der Waals surface area contributed by atoms with Gasteiger partial charge in [-0.05, 0) is 60.9 Å². The van der Waals surface area contributed by atoms with Gasteiger partial charge in [0.25, 0.3) is 10.0 Å². The average molecular weight is 681 g/mol. The van der Waals surface area contributed by atoms with Crippen LogP contribution in [0.3, 0.4) is 0 Å². The van der Waals surface area contributed by atoms with Crippen molar-refractivity contribution < 1.29 is 22.4 Å².